The van der Waals surface area contributed by atoms with Gasteiger partial charge in [-0.1, -0.05) is 12.8 Å². The molecule has 0 bridgehead atoms. The highest BCUT2D eigenvalue weighted by molar-refractivity contribution is 5.89. The van der Waals surface area contributed by atoms with Crippen molar-refractivity contribution in [3.8, 4) is 0 Å². The molecule has 0 aliphatic heterocycles. The van der Waals surface area contributed by atoms with Crippen LogP contribution in [0.15, 0.2) is 24.3 Å². The molecule has 18 heavy (non-hydrogen) atoms. The second-order valence-corrected chi connectivity index (χ2v) is 5.02. The Morgan fingerprint density at radius 1 is 1.39 bits per heavy atom. The van der Waals surface area contributed by atoms with Crippen molar-refractivity contribution < 1.29 is 9.53 Å². The first-order chi connectivity index (χ1) is 8.69. The van der Waals surface area contributed by atoms with Gasteiger partial charge in [0.25, 0.3) is 0 Å². The minimum atomic E-state index is -0.255. The van der Waals surface area contributed by atoms with Crippen molar-refractivity contribution in [2.45, 2.75) is 39.2 Å². The van der Waals surface area contributed by atoms with Gasteiger partial charge in [0.15, 0.2) is 0 Å². The van der Waals surface area contributed by atoms with Crippen LogP contribution in [-0.2, 0) is 4.74 Å². The SMILES string of the molecule is CCOC(=O)c1ccc(NC(C)CC2CC2)cc1. The van der Waals surface area contributed by atoms with Crippen LogP contribution in [0.2, 0.25) is 0 Å². The van der Waals surface area contributed by atoms with Crippen LogP contribution >= 0.6 is 0 Å². The van der Waals surface area contributed by atoms with Gasteiger partial charge in [-0.25, -0.2) is 4.79 Å². The molecule has 3 heteroatoms. The van der Waals surface area contributed by atoms with Crippen LogP contribution in [0.3, 0.4) is 0 Å². The molecule has 0 aromatic heterocycles. The number of nitrogens with one attached hydrogen (secondary N) is 1. The molecule has 3 nitrogen and oxygen atoms in total. The number of carbonyl (C=O) groups excluding carboxylic acids is 1. The zero-order valence-electron chi connectivity index (χ0n) is 11.1. The number of rotatable bonds is 6. The first kappa shape index (κ1) is 12.9. The second-order valence-electron chi connectivity index (χ2n) is 5.02. The highest BCUT2D eigenvalue weighted by Crippen LogP contribution is 2.34. The predicted octanol–water partition coefficient (Wildman–Crippen LogP) is 3.46. The lowest BCUT2D eigenvalue weighted by atomic mass is 10.1. The maximum absolute atomic E-state index is 11.5. The third-order valence-electron chi connectivity index (χ3n) is 3.19. The van der Waals surface area contributed by atoms with E-state index in [2.05, 4.69) is 12.2 Å². The summed E-state index contributed by atoms with van der Waals surface area (Å²) >= 11 is 0. The molecule has 0 amide bonds. The van der Waals surface area contributed by atoms with E-state index in [1.165, 1.54) is 19.3 Å². The zero-order valence-corrected chi connectivity index (χ0v) is 11.1. The van der Waals surface area contributed by atoms with Crippen LogP contribution < -0.4 is 5.32 Å². The Kier molecular flexibility index (Phi) is 4.24. The number of esters is 1. The lowest BCUT2D eigenvalue weighted by Crippen LogP contribution is -2.15. The molecule has 1 atom stereocenters. The first-order valence-electron chi connectivity index (χ1n) is 6.72. The van der Waals surface area contributed by atoms with Gasteiger partial charge < -0.3 is 10.1 Å². The minimum absolute atomic E-state index is 0.255. The van der Waals surface area contributed by atoms with E-state index in [4.69, 9.17) is 4.74 Å². The standard InChI is InChI=1S/C15H21NO2/c1-3-18-15(17)13-6-8-14(9-7-13)16-11(2)10-12-4-5-12/h6-9,11-12,16H,3-5,10H2,1-2H3. The largest absolute Gasteiger partial charge is 0.462 e. The van der Waals surface area contributed by atoms with Crippen molar-refractivity contribution in [3.05, 3.63) is 29.8 Å². The Morgan fingerprint density at radius 2 is 2.06 bits per heavy atom. The maximum atomic E-state index is 11.5. The fraction of sp³-hybridized carbons (Fsp3) is 0.533. The summed E-state index contributed by atoms with van der Waals surface area (Å²) in [7, 11) is 0. The normalized spacial score (nSPS) is 16.1. The summed E-state index contributed by atoms with van der Waals surface area (Å²) in [5.74, 6) is 0.668. The Bertz CT molecular complexity index is 395. The van der Waals surface area contributed by atoms with Gasteiger partial charge in [-0.2, -0.15) is 0 Å². The average molecular weight is 247 g/mol. The number of benzene rings is 1. The molecule has 1 unspecified atom stereocenters. The predicted molar refractivity (Wildman–Crippen MR) is 72.8 cm³/mol. The fourth-order valence-electron chi connectivity index (χ4n) is 2.11. The lowest BCUT2D eigenvalue weighted by Gasteiger charge is -2.15. The number of anilines is 1. The minimum Gasteiger partial charge on any atom is -0.462 e. The summed E-state index contributed by atoms with van der Waals surface area (Å²) < 4.78 is 4.95. The Hall–Kier alpha value is -1.51. The van der Waals surface area contributed by atoms with E-state index in [0.29, 0.717) is 18.2 Å². The molecular formula is C15H21NO2. The van der Waals surface area contributed by atoms with Crippen molar-refractivity contribution in [2.24, 2.45) is 5.92 Å². The smallest absolute Gasteiger partial charge is 0.338 e. The summed E-state index contributed by atoms with van der Waals surface area (Å²) in [6.07, 6.45) is 4.00. The average Bonchev–Trinajstić information content (AvgIpc) is 3.14. The van der Waals surface area contributed by atoms with Crippen LogP contribution in [0.4, 0.5) is 5.69 Å². The Balaban J connectivity index is 1.88. The van der Waals surface area contributed by atoms with E-state index < -0.39 is 0 Å². The highest BCUT2D eigenvalue weighted by Gasteiger charge is 2.23. The van der Waals surface area contributed by atoms with Gasteiger partial charge in [-0.3, -0.25) is 0 Å². The summed E-state index contributed by atoms with van der Waals surface area (Å²) in [5.41, 5.74) is 1.67. The van der Waals surface area contributed by atoms with Crippen molar-refractivity contribution in [1.29, 1.82) is 0 Å². The molecule has 1 N–H and O–H groups in total. The Morgan fingerprint density at radius 3 is 2.61 bits per heavy atom. The van der Waals surface area contributed by atoms with Gasteiger partial charge in [-0.05, 0) is 50.5 Å². The fourth-order valence-corrected chi connectivity index (χ4v) is 2.11. The van der Waals surface area contributed by atoms with Gasteiger partial charge >= 0.3 is 5.97 Å². The molecule has 0 radical (unpaired) electrons. The number of ether oxygens (including phenoxy) is 1. The first-order valence-corrected chi connectivity index (χ1v) is 6.72. The molecule has 1 saturated carbocycles. The molecule has 98 valence electrons. The number of carbonyl (C=O) groups is 1. The summed E-state index contributed by atoms with van der Waals surface area (Å²) in [6, 6.07) is 7.99. The lowest BCUT2D eigenvalue weighted by molar-refractivity contribution is 0.0526. The van der Waals surface area contributed by atoms with E-state index in [0.717, 1.165) is 11.6 Å². The number of hydrogen-bond donors (Lipinski definition) is 1. The maximum Gasteiger partial charge on any atom is 0.338 e. The van der Waals surface area contributed by atoms with E-state index in [1.807, 2.05) is 31.2 Å². The molecule has 0 saturated heterocycles. The highest BCUT2D eigenvalue weighted by atomic mass is 16.5. The van der Waals surface area contributed by atoms with Crippen LogP contribution in [-0.4, -0.2) is 18.6 Å². The van der Waals surface area contributed by atoms with Crippen LogP contribution in [0, 0.1) is 5.92 Å². The molecule has 0 heterocycles. The van der Waals surface area contributed by atoms with Crippen LogP contribution in [0.5, 0.6) is 0 Å². The summed E-state index contributed by atoms with van der Waals surface area (Å²) in [4.78, 5) is 11.5. The van der Waals surface area contributed by atoms with Crippen molar-refractivity contribution in [2.75, 3.05) is 11.9 Å². The molecule has 0 spiro atoms. The molecule has 2 rings (SSSR count). The molecular weight excluding hydrogens is 226 g/mol. The molecule has 1 aliphatic rings. The molecule has 1 aliphatic carbocycles. The monoisotopic (exact) mass is 247 g/mol. The molecule has 1 aromatic rings. The van der Waals surface area contributed by atoms with E-state index in [9.17, 15) is 4.79 Å². The van der Waals surface area contributed by atoms with E-state index in [-0.39, 0.29) is 5.97 Å². The second kappa shape index (κ2) is 5.89. The van der Waals surface area contributed by atoms with Crippen LogP contribution in [0.1, 0.15) is 43.5 Å². The van der Waals surface area contributed by atoms with Gasteiger partial charge in [0.1, 0.15) is 0 Å². The van der Waals surface area contributed by atoms with Crippen molar-refractivity contribution in [1.82, 2.24) is 0 Å². The zero-order chi connectivity index (χ0) is 13.0. The third-order valence-corrected chi connectivity index (χ3v) is 3.19. The Labute approximate surface area is 109 Å². The molecule has 1 fully saturated rings. The van der Waals surface area contributed by atoms with Crippen LogP contribution in [0.25, 0.3) is 0 Å². The van der Waals surface area contributed by atoms with Crippen molar-refractivity contribution >= 4 is 11.7 Å². The quantitative estimate of drug-likeness (QED) is 0.782. The topological polar surface area (TPSA) is 38.3 Å². The van der Waals surface area contributed by atoms with Gasteiger partial charge in [0, 0.05) is 11.7 Å². The van der Waals surface area contributed by atoms with Crippen molar-refractivity contribution in [3.63, 3.8) is 0 Å². The third kappa shape index (κ3) is 3.76. The van der Waals surface area contributed by atoms with E-state index in [1.54, 1.807) is 0 Å². The van der Waals surface area contributed by atoms with Gasteiger partial charge in [0.2, 0.25) is 0 Å². The summed E-state index contributed by atoms with van der Waals surface area (Å²) in [6.45, 7) is 4.43. The summed E-state index contributed by atoms with van der Waals surface area (Å²) in [5, 5.41) is 3.46. The van der Waals surface area contributed by atoms with Gasteiger partial charge in [-0.15, -0.1) is 0 Å². The van der Waals surface area contributed by atoms with Gasteiger partial charge in [0.05, 0.1) is 12.2 Å². The van der Waals surface area contributed by atoms with E-state index >= 15 is 0 Å². The molecule has 1 aromatic carbocycles. The number of hydrogen-bond acceptors (Lipinski definition) is 3.